The fraction of sp³-hybridized carbons (Fsp3) is 0.312. The lowest BCUT2D eigenvalue weighted by Gasteiger charge is -2.10. The van der Waals surface area contributed by atoms with Crippen molar-refractivity contribution in [3.05, 3.63) is 35.8 Å². The highest BCUT2D eigenvalue weighted by molar-refractivity contribution is 5.88. The summed E-state index contributed by atoms with van der Waals surface area (Å²) in [7, 11) is 1.74. The second-order valence-electron chi connectivity index (χ2n) is 5.67. The lowest BCUT2D eigenvalue weighted by atomic mass is 10.1. The van der Waals surface area contributed by atoms with Crippen molar-refractivity contribution in [2.24, 2.45) is 7.05 Å². The van der Waals surface area contributed by atoms with Crippen molar-refractivity contribution in [3.63, 3.8) is 0 Å². The van der Waals surface area contributed by atoms with Crippen molar-refractivity contribution in [1.82, 2.24) is 19.3 Å². The topological polar surface area (TPSA) is 72.9 Å². The third-order valence-electron chi connectivity index (χ3n) is 3.78. The van der Waals surface area contributed by atoms with Gasteiger partial charge in [0.05, 0.1) is 16.7 Å². The molecule has 1 N–H and O–H groups in total. The highest BCUT2D eigenvalue weighted by atomic mass is 16.4. The average molecular weight is 298 g/mol. The number of aromatic carboxylic acids is 1. The summed E-state index contributed by atoms with van der Waals surface area (Å²) >= 11 is 0. The molecule has 0 atom stereocenters. The molecule has 0 aliphatic heterocycles. The van der Waals surface area contributed by atoms with Gasteiger partial charge in [-0.25, -0.2) is 9.78 Å². The summed E-state index contributed by atoms with van der Waals surface area (Å²) < 4.78 is 3.77. The first-order valence-corrected chi connectivity index (χ1v) is 7.14. The maximum atomic E-state index is 11.0. The first-order chi connectivity index (χ1) is 10.4. The Labute approximate surface area is 128 Å². The lowest BCUT2D eigenvalue weighted by molar-refractivity contribution is 0.0689. The van der Waals surface area contributed by atoms with Gasteiger partial charge in [0, 0.05) is 18.7 Å². The van der Waals surface area contributed by atoms with Crippen molar-refractivity contribution < 1.29 is 9.90 Å². The predicted octanol–water partition coefficient (Wildman–Crippen LogP) is 3.02. The molecule has 2 heterocycles. The van der Waals surface area contributed by atoms with Crippen LogP contribution in [-0.4, -0.2) is 30.4 Å². The van der Waals surface area contributed by atoms with Crippen LogP contribution in [0.3, 0.4) is 0 Å². The number of nitrogens with zero attached hydrogens (tertiary/aromatic N) is 4. The largest absolute Gasteiger partial charge is 0.476 e. The molecule has 0 unspecified atom stereocenters. The van der Waals surface area contributed by atoms with Gasteiger partial charge in [-0.15, -0.1) is 0 Å². The fourth-order valence-corrected chi connectivity index (χ4v) is 2.87. The van der Waals surface area contributed by atoms with Gasteiger partial charge in [-0.1, -0.05) is 6.07 Å². The van der Waals surface area contributed by atoms with Gasteiger partial charge in [-0.3, -0.25) is 4.68 Å². The van der Waals surface area contributed by atoms with E-state index in [0.29, 0.717) is 6.04 Å². The number of hydrogen-bond acceptors (Lipinski definition) is 3. The van der Waals surface area contributed by atoms with Crippen LogP contribution in [0, 0.1) is 6.92 Å². The summed E-state index contributed by atoms with van der Waals surface area (Å²) in [5.41, 5.74) is 3.69. The van der Waals surface area contributed by atoms with Gasteiger partial charge >= 0.3 is 5.97 Å². The first-order valence-electron chi connectivity index (χ1n) is 7.14. The van der Waals surface area contributed by atoms with Crippen LogP contribution in [0.1, 0.15) is 36.2 Å². The SMILES string of the molecule is Cc1nc2cc(-c3cc(C(=O)O)nn3C)ccc2n1C(C)C. The minimum absolute atomic E-state index is 0.0430. The second kappa shape index (κ2) is 4.98. The Morgan fingerprint density at radius 3 is 2.59 bits per heavy atom. The molecule has 3 rings (SSSR count). The number of imidazole rings is 1. The summed E-state index contributed by atoms with van der Waals surface area (Å²) in [4.78, 5) is 15.7. The monoisotopic (exact) mass is 298 g/mol. The third-order valence-corrected chi connectivity index (χ3v) is 3.78. The molecule has 3 aromatic rings. The van der Waals surface area contributed by atoms with Crippen molar-refractivity contribution in [3.8, 4) is 11.3 Å². The van der Waals surface area contributed by atoms with Crippen LogP contribution in [0.4, 0.5) is 0 Å². The summed E-state index contributed by atoms with van der Waals surface area (Å²) in [5, 5.41) is 13.1. The molecule has 0 aliphatic carbocycles. The highest BCUT2D eigenvalue weighted by Gasteiger charge is 2.15. The van der Waals surface area contributed by atoms with Crippen molar-refractivity contribution in [1.29, 1.82) is 0 Å². The Bertz CT molecular complexity index is 874. The van der Waals surface area contributed by atoms with Crippen molar-refractivity contribution in [2.45, 2.75) is 26.8 Å². The van der Waals surface area contributed by atoms with Gasteiger partial charge in [0.2, 0.25) is 0 Å². The van der Waals surface area contributed by atoms with Crippen LogP contribution < -0.4 is 0 Å². The smallest absolute Gasteiger partial charge is 0.356 e. The third kappa shape index (κ3) is 2.16. The first kappa shape index (κ1) is 14.3. The second-order valence-corrected chi connectivity index (χ2v) is 5.67. The van der Waals surface area contributed by atoms with Gasteiger partial charge in [0.25, 0.3) is 0 Å². The number of rotatable bonds is 3. The highest BCUT2D eigenvalue weighted by Crippen LogP contribution is 2.27. The molecule has 0 saturated carbocycles. The number of aryl methyl sites for hydroxylation is 2. The van der Waals surface area contributed by atoms with Gasteiger partial charge in [0.1, 0.15) is 5.82 Å². The van der Waals surface area contributed by atoms with Crippen LogP contribution in [0.5, 0.6) is 0 Å². The molecule has 0 fully saturated rings. The molecule has 0 saturated heterocycles. The van der Waals surface area contributed by atoms with E-state index in [0.717, 1.165) is 28.1 Å². The molecule has 6 nitrogen and oxygen atoms in total. The van der Waals surface area contributed by atoms with Crippen LogP contribution in [0.25, 0.3) is 22.3 Å². The Morgan fingerprint density at radius 1 is 1.27 bits per heavy atom. The van der Waals surface area contributed by atoms with E-state index < -0.39 is 5.97 Å². The van der Waals surface area contributed by atoms with Gasteiger partial charge in [0.15, 0.2) is 5.69 Å². The molecular formula is C16H18N4O2. The van der Waals surface area contributed by atoms with E-state index in [-0.39, 0.29) is 5.69 Å². The van der Waals surface area contributed by atoms with E-state index in [4.69, 9.17) is 5.11 Å². The number of aromatic nitrogens is 4. The zero-order valence-corrected chi connectivity index (χ0v) is 13.0. The Balaban J connectivity index is 2.15. The molecule has 0 radical (unpaired) electrons. The summed E-state index contributed by atoms with van der Waals surface area (Å²) in [6, 6.07) is 7.90. The Morgan fingerprint density at radius 2 is 2.00 bits per heavy atom. The van der Waals surface area contributed by atoms with E-state index in [1.54, 1.807) is 17.8 Å². The number of carbonyl (C=O) groups is 1. The number of carboxylic acids is 1. The van der Waals surface area contributed by atoms with Crippen LogP contribution in [0.2, 0.25) is 0 Å². The zero-order valence-electron chi connectivity index (χ0n) is 13.0. The molecular weight excluding hydrogens is 280 g/mol. The fourth-order valence-electron chi connectivity index (χ4n) is 2.87. The predicted molar refractivity (Wildman–Crippen MR) is 84.0 cm³/mol. The summed E-state index contributed by atoms with van der Waals surface area (Å²) in [6.45, 7) is 6.25. The molecule has 114 valence electrons. The molecule has 0 amide bonds. The number of benzene rings is 1. The molecule has 22 heavy (non-hydrogen) atoms. The van der Waals surface area contributed by atoms with E-state index in [1.807, 2.05) is 25.1 Å². The summed E-state index contributed by atoms with van der Waals surface area (Å²) in [5.74, 6) is -0.0544. The molecule has 0 aliphatic rings. The quantitative estimate of drug-likeness (QED) is 0.806. The lowest BCUT2D eigenvalue weighted by Crippen LogP contribution is -2.02. The molecule has 1 aromatic carbocycles. The van der Waals surface area contributed by atoms with Crippen molar-refractivity contribution in [2.75, 3.05) is 0 Å². The van der Waals surface area contributed by atoms with E-state index >= 15 is 0 Å². The van der Waals surface area contributed by atoms with E-state index in [1.165, 1.54) is 0 Å². The number of carboxylic acid groups (broad SMARTS) is 1. The molecule has 6 heteroatoms. The van der Waals surface area contributed by atoms with E-state index in [2.05, 4.69) is 28.5 Å². The Kier molecular flexibility index (Phi) is 3.24. The van der Waals surface area contributed by atoms with Crippen LogP contribution >= 0.6 is 0 Å². The molecule has 0 bridgehead atoms. The standard InChI is InChI=1S/C16H18N4O2/c1-9(2)20-10(3)17-12-7-11(5-6-14(12)20)15-8-13(16(21)22)18-19(15)4/h5-9H,1-4H3,(H,21,22). The molecule has 0 spiro atoms. The number of fused-ring (bicyclic) bond motifs is 1. The minimum Gasteiger partial charge on any atom is -0.476 e. The Hall–Kier alpha value is -2.63. The van der Waals surface area contributed by atoms with Gasteiger partial charge < -0.3 is 9.67 Å². The van der Waals surface area contributed by atoms with Gasteiger partial charge in [-0.2, -0.15) is 5.10 Å². The zero-order chi connectivity index (χ0) is 16.0. The number of hydrogen-bond donors (Lipinski definition) is 1. The normalized spacial score (nSPS) is 11.5. The van der Waals surface area contributed by atoms with Crippen LogP contribution in [-0.2, 0) is 7.05 Å². The maximum Gasteiger partial charge on any atom is 0.356 e. The van der Waals surface area contributed by atoms with Crippen LogP contribution in [0.15, 0.2) is 24.3 Å². The minimum atomic E-state index is -1.03. The van der Waals surface area contributed by atoms with E-state index in [9.17, 15) is 4.79 Å². The molecule has 2 aromatic heterocycles. The van der Waals surface area contributed by atoms with Crippen molar-refractivity contribution >= 4 is 17.0 Å². The van der Waals surface area contributed by atoms with Gasteiger partial charge in [-0.05, 0) is 39.0 Å². The maximum absolute atomic E-state index is 11.0. The average Bonchev–Trinajstić information content (AvgIpc) is 2.97. The summed E-state index contributed by atoms with van der Waals surface area (Å²) in [6.07, 6.45) is 0.